The minimum atomic E-state index is -3.92. The summed E-state index contributed by atoms with van der Waals surface area (Å²) in [7, 11) is -4.36. The first kappa shape index (κ1) is 21.1. The van der Waals surface area contributed by atoms with Gasteiger partial charge < -0.3 is 9.30 Å². The number of rotatable bonds is 10. The van der Waals surface area contributed by atoms with Crippen LogP contribution < -0.4 is 14.2 Å². The van der Waals surface area contributed by atoms with E-state index in [1.807, 2.05) is 7.05 Å². The van der Waals surface area contributed by atoms with Gasteiger partial charge in [0.15, 0.2) is 0 Å². The zero-order chi connectivity index (χ0) is 20.1. The summed E-state index contributed by atoms with van der Waals surface area (Å²) in [5.74, 6) is 0.898. The van der Waals surface area contributed by atoms with Crippen LogP contribution in [-0.4, -0.2) is 51.0 Å². The normalized spacial score (nSPS) is 12.1. The molecule has 1 aromatic carbocycles. The van der Waals surface area contributed by atoms with E-state index in [1.54, 1.807) is 10.9 Å². The van der Waals surface area contributed by atoms with E-state index in [0.717, 1.165) is 5.82 Å². The SMILES string of the molecule is CCS(=O)(=O)Nc1cc(OC)ccc1S(=O)(=O)NCCCc1nncn1C. The highest BCUT2D eigenvalue weighted by Gasteiger charge is 2.21. The summed E-state index contributed by atoms with van der Waals surface area (Å²) in [5.41, 5.74) is -0.0583. The van der Waals surface area contributed by atoms with Crippen molar-refractivity contribution in [1.82, 2.24) is 19.5 Å². The molecule has 27 heavy (non-hydrogen) atoms. The van der Waals surface area contributed by atoms with Gasteiger partial charge in [0, 0.05) is 26.1 Å². The van der Waals surface area contributed by atoms with Gasteiger partial charge in [0.1, 0.15) is 22.8 Å². The molecule has 0 aliphatic carbocycles. The zero-order valence-electron chi connectivity index (χ0n) is 15.3. The average molecular weight is 418 g/mol. The first-order valence-corrected chi connectivity index (χ1v) is 11.3. The molecular formula is C15H23N5O5S2. The lowest BCUT2D eigenvalue weighted by atomic mass is 10.3. The number of nitrogens with zero attached hydrogens (tertiary/aromatic N) is 3. The highest BCUT2D eigenvalue weighted by Crippen LogP contribution is 2.27. The zero-order valence-corrected chi connectivity index (χ0v) is 17.0. The van der Waals surface area contributed by atoms with E-state index in [4.69, 9.17) is 4.74 Å². The van der Waals surface area contributed by atoms with Crippen LogP contribution in [0.15, 0.2) is 29.4 Å². The van der Waals surface area contributed by atoms with E-state index in [9.17, 15) is 16.8 Å². The van der Waals surface area contributed by atoms with E-state index in [-0.39, 0.29) is 22.9 Å². The molecule has 1 heterocycles. The van der Waals surface area contributed by atoms with Gasteiger partial charge in [-0.2, -0.15) is 0 Å². The number of hydrogen-bond donors (Lipinski definition) is 2. The van der Waals surface area contributed by atoms with E-state index >= 15 is 0 Å². The molecule has 0 amide bonds. The summed E-state index contributed by atoms with van der Waals surface area (Å²) in [6.07, 6.45) is 2.64. The lowest BCUT2D eigenvalue weighted by molar-refractivity contribution is 0.414. The summed E-state index contributed by atoms with van der Waals surface area (Å²) in [5, 5.41) is 7.70. The van der Waals surface area contributed by atoms with Crippen LogP contribution >= 0.6 is 0 Å². The lowest BCUT2D eigenvalue weighted by Gasteiger charge is -2.14. The Morgan fingerprint density at radius 2 is 1.96 bits per heavy atom. The summed E-state index contributed by atoms with van der Waals surface area (Å²) >= 11 is 0. The summed E-state index contributed by atoms with van der Waals surface area (Å²) in [4.78, 5) is -0.168. The highest BCUT2D eigenvalue weighted by atomic mass is 32.2. The number of aryl methyl sites for hydroxylation is 2. The van der Waals surface area contributed by atoms with Crippen molar-refractivity contribution in [3.05, 3.63) is 30.4 Å². The molecular weight excluding hydrogens is 394 g/mol. The molecule has 0 spiro atoms. The molecule has 150 valence electrons. The number of hydrogen-bond acceptors (Lipinski definition) is 7. The molecule has 2 N–H and O–H groups in total. The van der Waals surface area contributed by atoms with Crippen molar-refractivity contribution >= 4 is 25.7 Å². The third kappa shape index (κ3) is 5.65. The largest absolute Gasteiger partial charge is 0.497 e. The predicted molar refractivity (Wildman–Crippen MR) is 101 cm³/mol. The van der Waals surface area contributed by atoms with Gasteiger partial charge in [-0.05, 0) is 25.5 Å². The Morgan fingerprint density at radius 3 is 2.56 bits per heavy atom. The Kier molecular flexibility index (Phi) is 6.78. The molecule has 0 bridgehead atoms. The van der Waals surface area contributed by atoms with E-state index in [1.165, 1.54) is 32.2 Å². The summed E-state index contributed by atoms with van der Waals surface area (Å²) in [6.45, 7) is 1.63. The Bertz CT molecular complexity index is 986. The number of ether oxygens (including phenoxy) is 1. The van der Waals surface area contributed by atoms with Crippen LogP contribution in [0.3, 0.4) is 0 Å². The molecule has 0 aliphatic heterocycles. The summed E-state index contributed by atoms with van der Waals surface area (Å²) < 4.78 is 60.6. The van der Waals surface area contributed by atoms with Gasteiger partial charge in [-0.15, -0.1) is 10.2 Å². The molecule has 0 aliphatic rings. The molecule has 12 heteroatoms. The number of sulfonamides is 2. The molecule has 2 rings (SSSR count). The Balaban J connectivity index is 2.15. The van der Waals surface area contributed by atoms with Gasteiger partial charge >= 0.3 is 0 Å². The second-order valence-corrected chi connectivity index (χ2v) is 9.47. The Labute approximate surface area is 159 Å². The molecule has 1 aromatic heterocycles. The van der Waals surface area contributed by atoms with Gasteiger partial charge in [-0.1, -0.05) is 0 Å². The molecule has 2 aromatic rings. The third-order valence-electron chi connectivity index (χ3n) is 3.80. The van der Waals surface area contributed by atoms with Crippen molar-refractivity contribution in [2.45, 2.75) is 24.7 Å². The van der Waals surface area contributed by atoms with Crippen LogP contribution in [0.2, 0.25) is 0 Å². The second-order valence-electron chi connectivity index (χ2n) is 5.73. The average Bonchev–Trinajstić information content (AvgIpc) is 3.03. The second kappa shape index (κ2) is 8.67. The minimum Gasteiger partial charge on any atom is -0.497 e. The maximum atomic E-state index is 12.6. The van der Waals surface area contributed by atoms with Crippen LogP contribution in [0.4, 0.5) is 5.69 Å². The molecule has 10 nitrogen and oxygen atoms in total. The van der Waals surface area contributed by atoms with Crippen LogP contribution in [-0.2, 0) is 33.5 Å². The first-order valence-electron chi connectivity index (χ1n) is 8.19. The fraction of sp³-hybridized carbons (Fsp3) is 0.467. The monoisotopic (exact) mass is 417 g/mol. The molecule has 0 atom stereocenters. The van der Waals surface area contributed by atoms with Gasteiger partial charge in [0.25, 0.3) is 0 Å². The van der Waals surface area contributed by atoms with Crippen LogP contribution in [0, 0.1) is 0 Å². The Morgan fingerprint density at radius 1 is 1.22 bits per heavy atom. The lowest BCUT2D eigenvalue weighted by Crippen LogP contribution is -2.27. The quantitative estimate of drug-likeness (QED) is 0.538. The summed E-state index contributed by atoms with van der Waals surface area (Å²) in [6, 6.07) is 4.09. The number of benzene rings is 1. The third-order valence-corrected chi connectivity index (χ3v) is 6.61. The number of nitrogens with one attached hydrogen (secondary N) is 2. The smallest absolute Gasteiger partial charge is 0.242 e. The van der Waals surface area contributed by atoms with Gasteiger partial charge in [-0.3, -0.25) is 4.72 Å². The topological polar surface area (TPSA) is 132 Å². The van der Waals surface area contributed by atoms with Gasteiger partial charge in [0.05, 0.1) is 18.6 Å². The molecule has 0 saturated carbocycles. The number of methoxy groups -OCH3 is 1. The standard InChI is InChI=1S/C15H23N5O5S2/c1-4-26(21,22)19-13-10-12(25-3)7-8-14(13)27(23,24)17-9-5-6-15-18-16-11-20(15)2/h7-8,10-11,17,19H,4-6,9H2,1-3H3. The maximum absolute atomic E-state index is 12.6. The number of anilines is 1. The molecule has 0 radical (unpaired) electrons. The van der Waals surface area contributed by atoms with Crippen LogP contribution in [0.5, 0.6) is 5.75 Å². The predicted octanol–water partition coefficient (Wildman–Crippen LogP) is 0.496. The fourth-order valence-corrected chi connectivity index (χ4v) is 4.18. The Hall–Kier alpha value is -2.18. The fourth-order valence-electron chi connectivity index (χ4n) is 2.25. The van der Waals surface area contributed by atoms with E-state index in [2.05, 4.69) is 19.6 Å². The van der Waals surface area contributed by atoms with Crippen LogP contribution in [0.1, 0.15) is 19.2 Å². The van der Waals surface area contributed by atoms with Crippen molar-refractivity contribution in [3.63, 3.8) is 0 Å². The van der Waals surface area contributed by atoms with Crippen molar-refractivity contribution in [2.75, 3.05) is 24.1 Å². The van der Waals surface area contributed by atoms with Crippen molar-refractivity contribution in [1.29, 1.82) is 0 Å². The van der Waals surface area contributed by atoms with Crippen molar-refractivity contribution in [2.24, 2.45) is 7.05 Å². The van der Waals surface area contributed by atoms with Crippen molar-refractivity contribution in [3.8, 4) is 5.75 Å². The van der Waals surface area contributed by atoms with E-state index < -0.39 is 20.0 Å². The maximum Gasteiger partial charge on any atom is 0.242 e. The van der Waals surface area contributed by atoms with Crippen molar-refractivity contribution < 1.29 is 21.6 Å². The first-order chi connectivity index (χ1) is 12.7. The number of aromatic nitrogens is 3. The molecule has 0 fully saturated rings. The molecule has 0 saturated heterocycles. The minimum absolute atomic E-state index is 0.0583. The molecule has 0 unspecified atom stereocenters. The van der Waals surface area contributed by atoms with Crippen LogP contribution in [0.25, 0.3) is 0 Å². The van der Waals surface area contributed by atoms with E-state index in [0.29, 0.717) is 18.6 Å². The van der Waals surface area contributed by atoms with Gasteiger partial charge in [-0.25, -0.2) is 21.6 Å². The highest BCUT2D eigenvalue weighted by molar-refractivity contribution is 7.93. The van der Waals surface area contributed by atoms with Gasteiger partial charge in [0.2, 0.25) is 20.0 Å².